The van der Waals surface area contributed by atoms with Crippen molar-refractivity contribution < 1.29 is 24.2 Å². The van der Waals surface area contributed by atoms with Crippen LogP contribution in [0.3, 0.4) is 0 Å². The molecule has 0 radical (unpaired) electrons. The number of ketones is 1. The van der Waals surface area contributed by atoms with Crippen molar-refractivity contribution in [3.8, 4) is 12.0 Å². The number of aromatic hydroxyl groups is 1. The van der Waals surface area contributed by atoms with E-state index >= 15 is 0 Å². The summed E-state index contributed by atoms with van der Waals surface area (Å²) in [4.78, 5) is 35.3. The summed E-state index contributed by atoms with van der Waals surface area (Å²) in [7, 11) is 1.55. The Morgan fingerprint density at radius 2 is 1.90 bits per heavy atom. The van der Waals surface area contributed by atoms with Gasteiger partial charge in [-0.15, -0.1) is 0 Å². The Hall–Kier alpha value is -3.73. The molecule has 0 bridgehead atoms. The molecule has 4 N–H and O–H groups in total. The van der Waals surface area contributed by atoms with E-state index in [1.165, 1.54) is 11.5 Å². The molecule has 0 atom stereocenters. The lowest BCUT2D eigenvalue weighted by Gasteiger charge is -2.08. The quantitative estimate of drug-likeness (QED) is 0.425. The van der Waals surface area contributed by atoms with E-state index in [2.05, 4.69) is 20.3 Å². The molecule has 3 aromatic rings. The minimum atomic E-state index is -0.342. The maximum absolute atomic E-state index is 12.0. The number of benzene rings is 1. The van der Waals surface area contributed by atoms with Crippen molar-refractivity contribution in [3.05, 3.63) is 35.4 Å². The van der Waals surface area contributed by atoms with Gasteiger partial charge in [0.15, 0.2) is 17.0 Å². The van der Waals surface area contributed by atoms with Crippen LogP contribution >= 0.6 is 0 Å². The number of fused-ring (bicyclic) bond motifs is 1. The van der Waals surface area contributed by atoms with Crippen LogP contribution in [-0.2, 0) is 16.1 Å². The van der Waals surface area contributed by atoms with Gasteiger partial charge in [0.1, 0.15) is 12.4 Å². The van der Waals surface area contributed by atoms with Crippen LogP contribution in [0.2, 0.25) is 0 Å². The second kappa shape index (κ2) is 9.18. The van der Waals surface area contributed by atoms with Gasteiger partial charge in [-0.25, -0.2) is 0 Å². The summed E-state index contributed by atoms with van der Waals surface area (Å²) in [5, 5.41) is 12.8. The van der Waals surface area contributed by atoms with Crippen molar-refractivity contribution >= 4 is 28.7 Å². The van der Waals surface area contributed by atoms with Gasteiger partial charge in [0.05, 0.1) is 19.7 Å². The van der Waals surface area contributed by atoms with Crippen molar-refractivity contribution in [2.45, 2.75) is 13.5 Å². The third-order valence-electron chi connectivity index (χ3n) is 4.15. The maximum Gasteiger partial charge on any atom is 0.320 e. The number of nitrogens with zero attached hydrogens (tertiary/aromatic N) is 4. The SMILES string of the molecule is COCCOc1nc(N)c2nc(O)n(Cc3ccc(C(=O)NCC(C)=O)cc3)c2n1. The van der Waals surface area contributed by atoms with Crippen molar-refractivity contribution in [1.82, 2.24) is 24.8 Å². The minimum absolute atomic E-state index is 0.0224. The molecule has 0 aliphatic heterocycles. The highest BCUT2D eigenvalue weighted by Gasteiger charge is 2.17. The molecule has 30 heavy (non-hydrogen) atoms. The molecule has 158 valence electrons. The first-order valence-corrected chi connectivity index (χ1v) is 9.10. The standard InChI is InChI=1S/C19H22N6O5/c1-11(26)9-21-17(27)13-5-3-12(4-6-13)10-25-16-14(22-19(25)28)15(20)23-18(24-16)30-8-7-29-2/h3-6H,7-10H2,1-2H3,(H,21,27)(H,22,28)(H2,20,23,24). The van der Waals surface area contributed by atoms with Gasteiger partial charge >= 0.3 is 6.01 Å². The normalized spacial score (nSPS) is 10.9. The first-order valence-electron chi connectivity index (χ1n) is 9.10. The van der Waals surface area contributed by atoms with E-state index in [4.69, 9.17) is 15.2 Å². The fourth-order valence-electron chi connectivity index (χ4n) is 2.67. The molecule has 1 aromatic carbocycles. The number of aromatic nitrogens is 4. The number of anilines is 1. The zero-order chi connectivity index (χ0) is 21.7. The summed E-state index contributed by atoms with van der Waals surface area (Å²) in [6, 6.07) is 6.50. The summed E-state index contributed by atoms with van der Waals surface area (Å²) < 4.78 is 11.8. The van der Waals surface area contributed by atoms with E-state index < -0.39 is 0 Å². The number of nitrogens with two attached hydrogens (primary N) is 1. The summed E-state index contributed by atoms with van der Waals surface area (Å²) in [6.45, 7) is 2.21. The summed E-state index contributed by atoms with van der Waals surface area (Å²) in [5.41, 5.74) is 7.69. The molecule has 11 nitrogen and oxygen atoms in total. The molecule has 0 unspecified atom stereocenters. The average molecular weight is 414 g/mol. The molecule has 2 heterocycles. The average Bonchev–Trinajstić information content (AvgIpc) is 3.03. The van der Waals surface area contributed by atoms with Crippen LogP contribution < -0.4 is 15.8 Å². The second-order valence-corrected chi connectivity index (χ2v) is 6.48. The Kier molecular flexibility index (Phi) is 6.42. The molecular weight excluding hydrogens is 392 g/mol. The molecule has 0 saturated heterocycles. The van der Waals surface area contributed by atoms with Gasteiger partial charge in [-0.2, -0.15) is 15.0 Å². The van der Waals surface area contributed by atoms with Gasteiger partial charge in [0.2, 0.25) is 0 Å². The number of amides is 1. The number of carbonyl (C=O) groups is 2. The Morgan fingerprint density at radius 3 is 2.57 bits per heavy atom. The first-order chi connectivity index (χ1) is 14.4. The van der Waals surface area contributed by atoms with Crippen LogP contribution in [0.25, 0.3) is 11.2 Å². The maximum atomic E-state index is 12.0. The number of carbonyl (C=O) groups excluding carboxylic acids is 2. The number of Topliss-reactive ketones (excluding diaryl/α,β-unsaturated/α-hetero) is 1. The minimum Gasteiger partial charge on any atom is -0.480 e. The van der Waals surface area contributed by atoms with Crippen molar-refractivity contribution in [3.63, 3.8) is 0 Å². The highest BCUT2D eigenvalue weighted by molar-refractivity contribution is 5.96. The second-order valence-electron chi connectivity index (χ2n) is 6.48. The highest BCUT2D eigenvalue weighted by atomic mass is 16.5. The van der Waals surface area contributed by atoms with Crippen LogP contribution in [0.4, 0.5) is 5.82 Å². The van der Waals surface area contributed by atoms with Gasteiger partial charge in [0.25, 0.3) is 11.9 Å². The molecule has 0 fully saturated rings. The lowest BCUT2D eigenvalue weighted by molar-refractivity contribution is -0.116. The summed E-state index contributed by atoms with van der Waals surface area (Å²) in [5.74, 6) is -0.390. The zero-order valence-corrected chi connectivity index (χ0v) is 16.6. The van der Waals surface area contributed by atoms with Crippen LogP contribution in [0.5, 0.6) is 12.0 Å². The Morgan fingerprint density at radius 1 is 1.17 bits per heavy atom. The van der Waals surface area contributed by atoms with E-state index in [0.29, 0.717) is 17.8 Å². The topological polar surface area (TPSA) is 154 Å². The highest BCUT2D eigenvalue weighted by Crippen LogP contribution is 2.25. The Labute approximate surface area is 171 Å². The summed E-state index contributed by atoms with van der Waals surface area (Å²) >= 11 is 0. The first kappa shape index (κ1) is 21.0. The fourth-order valence-corrected chi connectivity index (χ4v) is 2.67. The van der Waals surface area contributed by atoms with E-state index in [0.717, 1.165) is 5.56 Å². The molecule has 0 aliphatic rings. The molecular formula is C19H22N6O5. The Bertz CT molecular complexity index is 1060. The van der Waals surface area contributed by atoms with Crippen molar-refractivity contribution in [2.24, 2.45) is 0 Å². The zero-order valence-electron chi connectivity index (χ0n) is 16.6. The molecule has 3 rings (SSSR count). The van der Waals surface area contributed by atoms with E-state index in [9.17, 15) is 14.7 Å². The Balaban J connectivity index is 1.81. The largest absolute Gasteiger partial charge is 0.480 e. The number of methoxy groups -OCH3 is 1. The van der Waals surface area contributed by atoms with Gasteiger partial charge in [0, 0.05) is 12.7 Å². The number of hydrogen-bond donors (Lipinski definition) is 3. The number of hydrogen-bond acceptors (Lipinski definition) is 9. The van der Waals surface area contributed by atoms with Crippen molar-refractivity contribution in [1.29, 1.82) is 0 Å². The molecule has 1 amide bonds. The number of rotatable bonds is 9. The van der Waals surface area contributed by atoms with Crippen LogP contribution in [-0.4, -0.2) is 63.2 Å². The number of imidazole rings is 1. The van der Waals surface area contributed by atoms with E-state index in [1.807, 2.05) is 0 Å². The van der Waals surface area contributed by atoms with Crippen LogP contribution in [0, 0.1) is 0 Å². The monoisotopic (exact) mass is 414 g/mol. The van der Waals surface area contributed by atoms with Crippen LogP contribution in [0.1, 0.15) is 22.8 Å². The smallest absolute Gasteiger partial charge is 0.320 e. The third-order valence-corrected chi connectivity index (χ3v) is 4.15. The third kappa shape index (κ3) is 4.81. The molecule has 11 heteroatoms. The van der Waals surface area contributed by atoms with Gasteiger partial charge in [-0.3, -0.25) is 14.2 Å². The predicted octanol–water partition coefficient (Wildman–Crippen LogP) is 0.506. The fraction of sp³-hybridized carbons (Fsp3) is 0.316. The van der Waals surface area contributed by atoms with Crippen molar-refractivity contribution in [2.75, 3.05) is 32.6 Å². The molecule has 0 aliphatic carbocycles. The predicted molar refractivity (Wildman–Crippen MR) is 107 cm³/mol. The van der Waals surface area contributed by atoms with Gasteiger partial charge < -0.3 is 25.6 Å². The van der Waals surface area contributed by atoms with E-state index in [1.54, 1.807) is 31.4 Å². The van der Waals surface area contributed by atoms with Gasteiger partial charge in [-0.05, 0) is 24.6 Å². The number of nitrogens with one attached hydrogen (secondary N) is 1. The molecule has 0 saturated carbocycles. The lowest BCUT2D eigenvalue weighted by Crippen LogP contribution is -2.28. The summed E-state index contributed by atoms with van der Waals surface area (Å²) in [6.07, 6.45) is 0. The lowest BCUT2D eigenvalue weighted by atomic mass is 10.1. The number of nitrogen functional groups attached to an aromatic ring is 1. The van der Waals surface area contributed by atoms with Gasteiger partial charge in [-0.1, -0.05) is 12.1 Å². The number of ether oxygens (including phenoxy) is 2. The van der Waals surface area contributed by atoms with E-state index in [-0.39, 0.29) is 54.7 Å². The molecule has 2 aromatic heterocycles. The van der Waals surface area contributed by atoms with Crippen LogP contribution in [0.15, 0.2) is 24.3 Å². The molecule has 0 spiro atoms.